The predicted octanol–water partition coefficient (Wildman–Crippen LogP) is 2.22. The van der Waals surface area contributed by atoms with Crippen LogP contribution in [0.4, 0.5) is 4.79 Å². The van der Waals surface area contributed by atoms with Crippen LogP contribution in [0.3, 0.4) is 0 Å². The van der Waals surface area contributed by atoms with Crippen LogP contribution in [0.5, 0.6) is 5.75 Å². The first-order valence-corrected chi connectivity index (χ1v) is 10.1. The van der Waals surface area contributed by atoms with Crippen LogP contribution in [0.25, 0.3) is 0 Å². The van der Waals surface area contributed by atoms with E-state index in [1.165, 1.54) is 0 Å². The summed E-state index contributed by atoms with van der Waals surface area (Å²) in [5.41, 5.74) is 0.0618. The van der Waals surface area contributed by atoms with Crippen LogP contribution < -0.4 is 20.7 Å². The molecule has 10 heteroatoms. The molecule has 2 rings (SSSR count). The summed E-state index contributed by atoms with van der Waals surface area (Å²) < 4.78 is 10.4. The molecule has 1 aliphatic heterocycles. The van der Waals surface area contributed by atoms with E-state index in [4.69, 9.17) is 9.47 Å². The number of benzene rings is 1. The number of nitrogens with one attached hydrogen (secondary N) is 3. The van der Waals surface area contributed by atoms with Gasteiger partial charge in [-0.2, -0.15) is 0 Å². The zero-order valence-corrected chi connectivity index (χ0v) is 21.2. The first kappa shape index (κ1) is 26.8. The quantitative estimate of drug-likeness (QED) is 0.219. The maximum atomic E-state index is 12.2. The summed E-state index contributed by atoms with van der Waals surface area (Å²) in [6, 6.07) is 6.97. The lowest BCUT2D eigenvalue weighted by Gasteiger charge is -2.23. The van der Waals surface area contributed by atoms with Crippen molar-refractivity contribution in [1.29, 1.82) is 0 Å². The van der Waals surface area contributed by atoms with Gasteiger partial charge in [0, 0.05) is 38.8 Å². The van der Waals surface area contributed by atoms with Gasteiger partial charge < -0.3 is 30.3 Å². The van der Waals surface area contributed by atoms with Crippen molar-refractivity contribution in [3.8, 4) is 5.75 Å². The molecule has 0 saturated carbocycles. The number of carbonyl (C=O) groups excluding carboxylic acids is 2. The maximum Gasteiger partial charge on any atom is 0.407 e. The van der Waals surface area contributed by atoms with Gasteiger partial charge in [-0.25, -0.2) is 4.79 Å². The second-order valence-electron chi connectivity index (χ2n) is 8.04. The van der Waals surface area contributed by atoms with E-state index in [0.29, 0.717) is 30.9 Å². The van der Waals surface area contributed by atoms with Gasteiger partial charge >= 0.3 is 6.09 Å². The minimum Gasteiger partial charge on any atom is -0.497 e. The molecule has 1 aliphatic rings. The summed E-state index contributed by atoms with van der Waals surface area (Å²) in [7, 11) is 3.30. The molecule has 1 unspecified atom stereocenters. The Balaban J connectivity index is 0.00000480. The van der Waals surface area contributed by atoms with Crippen LogP contribution in [-0.2, 0) is 4.74 Å². The Hall–Kier alpha value is -2.24. The molecule has 2 amide bonds. The second kappa shape index (κ2) is 12.6. The van der Waals surface area contributed by atoms with E-state index >= 15 is 0 Å². The van der Waals surface area contributed by atoms with E-state index in [2.05, 4.69) is 25.8 Å². The van der Waals surface area contributed by atoms with Crippen molar-refractivity contribution in [2.45, 2.75) is 38.8 Å². The summed E-state index contributed by atoms with van der Waals surface area (Å²) in [4.78, 5) is 30.5. The SMILES string of the molecule is CN=C(NCCNC(=O)c1ccc(OC)cc1)N1CCC(NC(=O)OC(C)(C)C)C1.I. The Morgan fingerprint density at radius 2 is 1.81 bits per heavy atom. The normalized spacial score (nSPS) is 16.2. The van der Waals surface area contributed by atoms with Crippen LogP contribution in [0.2, 0.25) is 0 Å². The molecule has 3 N–H and O–H groups in total. The van der Waals surface area contributed by atoms with Crippen molar-refractivity contribution in [3.05, 3.63) is 29.8 Å². The minimum absolute atomic E-state index is 0. The molecule has 0 radical (unpaired) electrons. The van der Waals surface area contributed by atoms with Crippen LogP contribution in [0, 0.1) is 0 Å². The number of guanidine groups is 1. The van der Waals surface area contributed by atoms with E-state index in [9.17, 15) is 9.59 Å². The Morgan fingerprint density at radius 3 is 2.39 bits per heavy atom. The Bertz CT molecular complexity index is 749. The van der Waals surface area contributed by atoms with E-state index in [1.807, 2.05) is 20.8 Å². The number of amides is 2. The third-order valence-electron chi connectivity index (χ3n) is 4.47. The topological polar surface area (TPSA) is 104 Å². The van der Waals surface area contributed by atoms with Gasteiger partial charge in [0.1, 0.15) is 11.4 Å². The van der Waals surface area contributed by atoms with Crippen LogP contribution in [0.1, 0.15) is 37.6 Å². The van der Waals surface area contributed by atoms with Crippen molar-refractivity contribution in [2.75, 3.05) is 40.3 Å². The molecule has 0 spiro atoms. The molecule has 9 nitrogen and oxygen atoms in total. The molecule has 1 atom stereocenters. The molecule has 0 aromatic heterocycles. The summed E-state index contributed by atoms with van der Waals surface area (Å²) in [5, 5.41) is 9.02. The number of hydrogen-bond donors (Lipinski definition) is 3. The standard InChI is InChI=1S/C21H33N5O4.HI/c1-21(2,3)30-20(28)25-16-10-13-26(14-16)19(22-4)24-12-11-23-18(27)15-6-8-17(29-5)9-7-15;/h6-9,16H,10-14H2,1-5H3,(H,22,24)(H,23,27)(H,25,28);1H. The molecule has 1 heterocycles. The van der Waals surface area contributed by atoms with E-state index in [-0.39, 0.29) is 35.9 Å². The third kappa shape index (κ3) is 9.19. The zero-order chi connectivity index (χ0) is 22.1. The lowest BCUT2D eigenvalue weighted by Crippen LogP contribution is -2.45. The highest BCUT2D eigenvalue weighted by Crippen LogP contribution is 2.12. The lowest BCUT2D eigenvalue weighted by molar-refractivity contribution is 0.0507. The first-order valence-electron chi connectivity index (χ1n) is 10.1. The van der Waals surface area contributed by atoms with E-state index < -0.39 is 11.7 Å². The second-order valence-corrected chi connectivity index (χ2v) is 8.04. The molecule has 1 aromatic carbocycles. The van der Waals surface area contributed by atoms with Gasteiger partial charge in [0.05, 0.1) is 13.2 Å². The maximum absolute atomic E-state index is 12.2. The highest BCUT2D eigenvalue weighted by molar-refractivity contribution is 14.0. The highest BCUT2D eigenvalue weighted by atomic mass is 127. The Morgan fingerprint density at radius 1 is 1.16 bits per heavy atom. The van der Waals surface area contributed by atoms with Crippen molar-refractivity contribution in [3.63, 3.8) is 0 Å². The number of hydrogen-bond acceptors (Lipinski definition) is 5. The van der Waals surface area contributed by atoms with Crippen LogP contribution in [0.15, 0.2) is 29.3 Å². The van der Waals surface area contributed by atoms with E-state index in [0.717, 1.165) is 18.9 Å². The number of aliphatic imine (C=N–C) groups is 1. The van der Waals surface area contributed by atoms with Gasteiger partial charge in [-0.1, -0.05) is 0 Å². The first-order chi connectivity index (χ1) is 14.2. The fourth-order valence-electron chi connectivity index (χ4n) is 3.07. The Labute approximate surface area is 201 Å². The number of rotatable bonds is 6. The summed E-state index contributed by atoms with van der Waals surface area (Å²) in [6.45, 7) is 7.94. The molecule has 174 valence electrons. The fourth-order valence-corrected chi connectivity index (χ4v) is 3.07. The molecule has 1 aromatic rings. The van der Waals surface area contributed by atoms with Gasteiger partial charge in [-0.3, -0.25) is 9.79 Å². The largest absolute Gasteiger partial charge is 0.497 e. The molecule has 0 aliphatic carbocycles. The van der Waals surface area contributed by atoms with Crippen LogP contribution in [-0.4, -0.2) is 74.8 Å². The van der Waals surface area contributed by atoms with Crippen molar-refractivity contribution in [2.24, 2.45) is 4.99 Å². The Kier molecular flexibility index (Phi) is 10.9. The van der Waals surface area contributed by atoms with E-state index in [1.54, 1.807) is 38.4 Å². The number of halogens is 1. The number of nitrogens with zero attached hydrogens (tertiary/aromatic N) is 2. The van der Waals surface area contributed by atoms with Gasteiger partial charge in [0.2, 0.25) is 0 Å². The van der Waals surface area contributed by atoms with Gasteiger partial charge in [0.25, 0.3) is 5.91 Å². The van der Waals surface area contributed by atoms with Crippen molar-refractivity contribution >= 4 is 41.9 Å². The van der Waals surface area contributed by atoms with Gasteiger partial charge in [-0.05, 0) is 51.5 Å². The monoisotopic (exact) mass is 547 g/mol. The lowest BCUT2D eigenvalue weighted by atomic mass is 10.2. The molecule has 1 fully saturated rings. The minimum atomic E-state index is -0.518. The smallest absolute Gasteiger partial charge is 0.407 e. The van der Waals surface area contributed by atoms with Crippen molar-refractivity contribution < 1.29 is 19.1 Å². The average Bonchev–Trinajstić information content (AvgIpc) is 3.14. The molecule has 1 saturated heterocycles. The summed E-state index contributed by atoms with van der Waals surface area (Å²) >= 11 is 0. The predicted molar refractivity (Wildman–Crippen MR) is 131 cm³/mol. The van der Waals surface area contributed by atoms with Crippen molar-refractivity contribution in [1.82, 2.24) is 20.9 Å². The van der Waals surface area contributed by atoms with Gasteiger partial charge in [-0.15, -0.1) is 24.0 Å². The number of carbonyl (C=O) groups is 2. The van der Waals surface area contributed by atoms with Gasteiger partial charge in [0.15, 0.2) is 5.96 Å². The molecular weight excluding hydrogens is 513 g/mol. The summed E-state index contributed by atoms with van der Waals surface area (Å²) in [6.07, 6.45) is 0.410. The number of alkyl carbamates (subject to hydrolysis) is 1. The summed E-state index contributed by atoms with van der Waals surface area (Å²) in [5.74, 6) is 1.31. The highest BCUT2D eigenvalue weighted by Gasteiger charge is 2.27. The molecular formula is C21H34IN5O4. The molecule has 31 heavy (non-hydrogen) atoms. The number of methoxy groups -OCH3 is 1. The number of likely N-dealkylation sites (tertiary alicyclic amines) is 1. The number of ether oxygens (including phenoxy) is 2. The zero-order valence-electron chi connectivity index (χ0n) is 18.9. The third-order valence-corrected chi connectivity index (χ3v) is 4.47. The fraction of sp³-hybridized carbons (Fsp3) is 0.571. The average molecular weight is 547 g/mol. The molecule has 0 bridgehead atoms. The van der Waals surface area contributed by atoms with Crippen LogP contribution >= 0.6 is 24.0 Å².